The monoisotopic (exact) mass is 326 g/mol. The molecule has 0 saturated carbocycles. The van der Waals surface area contributed by atoms with Crippen LogP contribution in [0.15, 0.2) is 12.1 Å². The van der Waals surface area contributed by atoms with Crippen molar-refractivity contribution in [3.05, 3.63) is 29.5 Å². The maximum atomic E-state index is 14.3. The molecule has 0 fully saturated rings. The quantitative estimate of drug-likeness (QED) is 0.624. The van der Waals surface area contributed by atoms with Gasteiger partial charge in [-0.25, -0.2) is 23.4 Å². The number of hydrogen-bond acceptors (Lipinski definition) is 6. The van der Waals surface area contributed by atoms with E-state index in [2.05, 4.69) is 14.5 Å². The zero-order valence-corrected chi connectivity index (χ0v) is 11.4. The second-order valence-corrected chi connectivity index (χ2v) is 4.16. The molecule has 1 aromatic carbocycles. The summed E-state index contributed by atoms with van der Waals surface area (Å²) in [7, 11) is 1.07. The topological polar surface area (TPSA) is 129 Å². The van der Waals surface area contributed by atoms with Gasteiger partial charge in [0.25, 0.3) is 5.91 Å². The predicted molar refractivity (Wildman–Crippen MR) is 70.0 cm³/mol. The number of nitrogens with zero attached hydrogens (tertiary/aromatic N) is 1. The number of methoxy groups -OCH3 is 1. The van der Waals surface area contributed by atoms with Crippen LogP contribution in [0.4, 0.5) is 8.78 Å². The molecule has 0 atom stereocenters. The summed E-state index contributed by atoms with van der Waals surface area (Å²) in [4.78, 5) is 36.5. The lowest BCUT2D eigenvalue weighted by Crippen LogP contribution is -2.20. The molecular weight excluding hydrogens is 318 g/mol. The molecule has 2 rings (SSSR count). The highest BCUT2D eigenvalue weighted by Crippen LogP contribution is 2.35. The van der Waals surface area contributed by atoms with E-state index in [9.17, 15) is 23.2 Å². The van der Waals surface area contributed by atoms with Crippen LogP contribution in [0.3, 0.4) is 0 Å². The van der Waals surface area contributed by atoms with Gasteiger partial charge in [0, 0.05) is 12.1 Å². The number of benzene rings is 1. The molecule has 1 aromatic heterocycles. The number of nitrogens with two attached hydrogens (primary N) is 1. The number of halogens is 2. The van der Waals surface area contributed by atoms with E-state index in [4.69, 9.17) is 10.8 Å². The Morgan fingerprint density at radius 1 is 1.22 bits per heavy atom. The third kappa shape index (κ3) is 2.86. The van der Waals surface area contributed by atoms with Gasteiger partial charge in [-0.2, -0.15) is 0 Å². The van der Waals surface area contributed by atoms with Gasteiger partial charge in [-0.3, -0.25) is 4.79 Å². The molecule has 0 bridgehead atoms. The molecule has 0 aliphatic rings. The predicted octanol–water partition coefficient (Wildman–Crippen LogP) is 0.611. The van der Waals surface area contributed by atoms with Crippen LogP contribution < -0.4 is 15.2 Å². The summed E-state index contributed by atoms with van der Waals surface area (Å²) in [5.74, 6) is -8.36. The van der Waals surface area contributed by atoms with Gasteiger partial charge in [0.1, 0.15) is 17.0 Å². The fraction of sp³-hybridized carbons (Fsp3) is 0.0769. The largest absolute Gasteiger partial charge is 0.494 e. The molecule has 10 heteroatoms. The number of ether oxygens (including phenoxy) is 2. The number of carboxylic acid groups (broad SMARTS) is 1. The maximum absolute atomic E-state index is 14.3. The van der Waals surface area contributed by atoms with E-state index >= 15 is 0 Å². The van der Waals surface area contributed by atoms with Crippen LogP contribution in [0.2, 0.25) is 0 Å². The lowest BCUT2D eigenvalue weighted by atomic mass is 10.1. The molecule has 0 radical (unpaired) electrons. The van der Waals surface area contributed by atoms with Crippen molar-refractivity contribution in [2.45, 2.75) is 0 Å². The molecule has 23 heavy (non-hydrogen) atoms. The highest BCUT2D eigenvalue weighted by Gasteiger charge is 2.24. The fourth-order valence-electron chi connectivity index (χ4n) is 1.78. The molecule has 0 spiro atoms. The van der Waals surface area contributed by atoms with Gasteiger partial charge in [-0.1, -0.05) is 0 Å². The summed E-state index contributed by atoms with van der Waals surface area (Å²) in [6, 6.07) is 1.39. The molecule has 2 aromatic rings. The molecule has 0 aliphatic carbocycles. The van der Waals surface area contributed by atoms with E-state index in [-0.39, 0.29) is 0 Å². The van der Waals surface area contributed by atoms with Crippen molar-refractivity contribution >= 4 is 28.7 Å². The first-order chi connectivity index (χ1) is 10.8. The number of amides is 1. The van der Waals surface area contributed by atoms with E-state index < -0.39 is 57.6 Å². The second-order valence-electron chi connectivity index (χ2n) is 4.16. The Morgan fingerprint density at radius 3 is 2.39 bits per heavy atom. The minimum Gasteiger partial charge on any atom is -0.494 e. The maximum Gasteiger partial charge on any atom is 0.422 e. The molecule has 0 unspecified atom stereocenters. The summed E-state index contributed by atoms with van der Waals surface area (Å²) >= 11 is 0. The van der Waals surface area contributed by atoms with Crippen molar-refractivity contribution in [2.24, 2.45) is 5.73 Å². The van der Waals surface area contributed by atoms with Crippen molar-refractivity contribution in [2.75, 3.05) is 7.11 Å². The minimum atomic E-state index is -1.97. The molecule has 0 aliphatic heterocycles. The number of carbonyl (C=O) groups is 3. The smallest absolute Gasteiger partial charge is 0.422 e. The number of hydrogen-bond donors (Lipinski definition) is 2. The number of aromatic nitrogens is 1. The molecule has 120 valence electrons. The molecule has 3 N–H and O–H groups in total. The van der Waals surface area contributed by atoms with Crippen molar-refractivity contribution in [1.82, 2.24) is 4.98 Å². The first-order valence-electron chi connectivity index (χ1n) is 5.88. The zero-order valence-electron chi connectivity index (χ0n) is 11.4. The fourth-order valence-corrected chi connectivity index (χ4v) is 1.78. The lowest BCUT2D eigenvalue weighted by molar-refractivity contribution is -0.157. The third-order valence-electron chi connectivity index (χ3n) is 2.75. The standard InChI is InChI=1S/C13H8F2N2O6/c1-22-7-2-4(14)10-8(9(7)15)6(23-13(21)12(19)20)3-5(17-10)11(16)18/h2-3H,1H3,(H2,16,18)(H,19,20). The third-order valence-corrected chi connectivity index (χ3v) is 2.75. The number of aliphatic carboxylic acids is 1. The van der Waals surface area contributed by atoms with Crippen LogP contribution in [-0.4, -0.2) is 35.0 Å². The summed E-state index contributed by atoms with van der Waals surface area (Å²) in [6.07, 6.45) is 0. The molecule has 1 heterocycles. The zero-order chi connectivity index (χ0) is 17.3. The van der Waals surface area contributed by atoms with E-state index in [1.807, 2.05) is 0 Å². The van der Waals surface area contributed by atoms with Gasteiger partial charge in [0.15, 0.2) is 17.4 Å². The van der Waals surface area contributed by atoms with Gasteiger partial charge in [0.05, 0.1) is 12.5 Å². The van der Waals surface area contributed by atoms with Crippen LogP contribution in [-0.2, 0) is 9.59 Å². The van der Waals surface area contributed by atoms with Gasteiger partial charge in [0.2, 0.25) is 0 Å². The van der Waals surface area contributed by atoms with Crippen molar-refractivity contribution in [1.29, 1.82) is 0 Å². The molecular formula is C13H8F2N2O6. The van der Waals surface area contributed by atoms with Crippen molar-refractivity contribution in [3.8, 4) is 11.5 Å². The Bertz CT molecular complexity index is 852. The summed E-state index contributed by atoms with van der Waals surface area (Å²) < 4.78 is 37.4. The minimum absolute atomic E-state index is 0.531. The Morgan fingerprint density at radius 2 is 1.87 bits per heavy atom. The normalized spacial score (nSPS) is 10.4. The number of carbonyl (C=O) groups excluding carboxylic acids is 2. The Balaban J connectivity index is 2.84. The number of fused-ring (bicyclic) bond motifs is 1. The SMILES string of the molecule is COc1cc(F)c2nc(C(N)=O)cc(OC(=O)C(=O)O)c2c1F. The first-order valence-corrected chi connectivity index (χ1v) is 5.88. The Kier molecular flexibility index (Phi) is 4.08. The van der Waals surface area contributed by atoms with Crippen molar-refractivity contribution in [3.63, 3.8) is 0 Å². The van der Waals surface area contributed by atoms with Crippen LogP contribution in [0.1, 0.15) is 10.5 Å². The molecule has 1 amide bonds. The lowest BCUT2D eigenvalue weighted by Gasteiger charge is -2.11. The van der Waals surface area contributed by atoms with Crippen molar-refractivity contribution < 1.29 is 37.7 Å². The number of carboxylic acids is 1. The van der Waals surface area contributed by atoms with E-state index in [1.165, 1.54) is 0 Å². The summed E-state index contributed by atoms with van der Waals surface area (Å²) in [5, 5.41) is 7.88. The van der Waals surface area contributed by atoms with E-state index in [1.54, 1.807) is 0 Å². The van der Waals surface area contributed by atoms with Gasteiger partial charge >= 0.3 is 11.9 Å². The number of esters is 1. The van der Waals surface area contributed by atoms with Gasteiger partial charge < -0.3 is 20.3 Å². The average molecular weight is 326 g/mol. The van der Waals surface area contributed by atoms with E-state index in [0.717, 1.165) is 13.2 Å². The van der Waals surface area contributed by atoms with E-state index in [0.29, 0.717) is 6.07 Å². The Labute approximate surface area is 126 Å². The van der Waals surface area contributed by atoms with Crippen LogP contribution in [0.5, 0.6) is 11.5 Å². The van der Waals surface area contributed by atoms with Crippen LogP contribution in [0, 0.1) is 11.6 Å². The summed E-state index contributed by atoms with van der Waals surface area (Å²) in [5.41, 5.74) is 3.79. The highest BCUT2D eigenvalue weighted by atomic mass is 19.1. The average Bonchev–Trinajstić information content (AvgIpc) is 2.49. The first kappa shape index (κ1) is 16.1. The number of rotatable bonds is 3. The van der Waals surface area contributed by atoms with Gasteiger partial charge in [-0.05, 0) is 0 Å². The number of primary amides is 1. The molecule has 8 nitrogen and oxygen atoms in total. The van der Waals surface area contributed by atoms with Crippen LogP contribution >= 0.6 is 0 Å². The number of pyridine rings is 1. The van der Waals surface area contributed by atoms with Gasteiger partial charge in [-0.15, -0.1) is 0 Å². The molecule has 0 saturated heterocycles. The summed E-state index contributed by atoms with van der Waals surface area (Å²) in [6.45, 7) is 0. The van der Waals surface area contributed by atoms with Crippen LogP contribution in [0.25, 0.3) is 10.9 Å². The second kappa shape index (κ2) is 5.83. The highest BCUT2D eigenvalue weighted by molar-refractivity contribution is 6.29. The Hall–Kier alpha value is -3.30.